The molecule has 1 unspecified atom stereocenters. The first-order valence-electron chi connectivity index (χ1n) is 8.92. The van der Waals surface area contributed by atoms with Gasteiger partial charge in [-0.05, 0) is 36.5 Å². The molecular weight excluding hydrogens is 308 g/mol. The van der Waals surface area contributed by atoms with E-state index in [4.69, 9.17) is 0 Å². The number of nitrogens with one attached hydrogen (secondary N) is 1. The molecule has 0 aliphatic heterocycles. The summed E-state index contributed by atoms with van der Waals surface area (Å²) in [5.41, 5.74) is 5.27. The van der Waals surface area contributed by atoms with Crippen LogP contribution in [0.2, 0.25) is 0 Å². The van der Waals surface area contributed by atoms with E-state index >= 15 is 0 Å². The standard InChI is InChI=1S/C22H26N2O/c1-3-14-23-22(25)16-24(15-18-10-8-17(2)9-11-18)21-13-12-19-6-4-5-7-20(19)21/h3-11,21H,1,12-16H2,2H3,(H,23,25). The molecule has 1 N–H and O–H groups in total. The Bertz CT molecular complexity index is 736. The molecule has 25 heavy (non-hydrogen) atoms. The van der Waals surface area contributed by atoms with Gasteiger partial charge in [0.15, 0.2) is 0 Å². The molecular formula is C22H26N2O. The molecule has 1 aliphatic carbocycles. The van der Waals surface area contributed by atoms with Crippen molar-refractivity contribution < 1.29 is 4.79 Å². The maximum atomic E-state index is 12.3. The summed E-state index contributed by atoms with van der Waals surface area (Å²) < 4.78 is 0. The van der Waals surface area contributed by atoms with Gasteiger partial charge in [-0.2, -0.15) is 0 Å². The molecule has 2 aromatic carbocycles. The highest BCUT2D eigenvalue weighted by Crippen LogP contribution is 2.36. The van der Waals surface area contributed by atoms with E-state index in [1.807, 2.05) is 0 Å². The van der Waals surface area contributed by atoms with Gasteiger partial charge in [-0.25, -0.2) is 0 Å². The Labute approximate surface area is 150 Å². The van der Waals surface area contributed by atoms with Crippen molar-refractivity contribution in [1.82, 2.24) is 10.2 Å². The van der Waals surface area contributed by atoms with Crippen molar-refractivity contribution in [2.75, 3.05) is 13.1 Å². The van der Waals surface area contributed by atoms with Crippen LogP contribution in [0, 0.1) is 6.92 Å². The van der Waals surface area contributed by atoms with E-state index < -0.39 is 0 Å². The first-order valence-corrected chi connectivity index (χ1v) is 8.92. The predicted molar refractivity (Wildman–Crippen MR) is 102 cm³/mol. The summed E-state index contributed by atoms with van der Waals surface area (Å²) in [4.78, 5) is 14.6. The molecule has 0 saturated heterocycles. The first kappa shape index (κ1) is 17.4. The SMILES string of the molecule is C=CCNC(=O)CN(Cc1ccc(C)cc1)C1CCc2ccccc21. The van der Waals surface area contributed by atoms with Gasteiger partial charge in [0.25, 0.3) is 0 Å². The summed E-state index contributed by atoms with van der Waals surface area (Å²) in [6, 6.07) is 17.5. The van der Waals surface area contributed by atoms with E-state index in [1.165, 1.54) is 22.3 Å². The summed E-state index contributed by atoms with van der Waals surface area (Å²) in [6.07, 6.45) is 3.87. The highest BCUT2D eigenvalue weighted by atomic mass is 16.2. The van der Waals surface area contributed by atoms with E-state index in [1.54, 1.807) is 6.08 Å². The second kappa shape index (κ2) is 8.13. The number of fused-ring (bicyclic) bond motifs is 1. The Kier molecular flexibility index (Phi) is 5.67. The van der Waals surface area contributed by atoms with E-state index in [0.717, 1.165) is 19.4 Å². The lowest BCUT2D eigenvalue weighted by atomic mass is 10.1. The Morgan fingerprint density at radius 2 is 2.00 bits per heavy atom. The van der Waals surface area contributed by atoms with Crippen LogP contribution < -0.4 is 5.32 Å². The molecule has 3 rings (SSSR count). The number of aryl methyl sites for hydroxylation is 2. The minimum Gasteiger partial charge on any atom is -0.352 e. The highest BCUT2D eigenvalue weighted by Gasteiger charge is 2.28. The van der Waals surface area contributed by atoms with Crippen molar-refractivity contribution >= 4 is 5.91 Å². The van der Waals surface area contributed by atoms with Crippen molar-refractivity contribution in [3.8, 4) is 0 Å². The fourth-order valence-electron chi connectivity index (χ4n) is 3.54. The molecule has 1 atom stereocenters. The van der Waals surface area contributed by atoms with Crippen molar-refractivity contribution in [1.29, 1.82) is 0 Å². The maximum Gasteiger partial charge on any atom is 0.234 e. The van der Waals surface area contributed by atoms with Crippen molar-refractivity contribution in [2.45, 2.75) is 32.4 Å². The number of carbonyl (C=O) groups excluding carboxylic acids is 1. The largest absolute Gasteiger partial charge is 0.352 e. The van der Waals surface area contributed by atoms with Gasteiger partial charge in [0, 0.05) is 19.1 Å². The third-order valence-corrected chi connectivity index (χ3v) is 4.84. The third kappa shape index (κ3) is 4.37. The zero-order valence-electron chi connectivity index (χ0n) is 14.9. The molecule has 1 amide bonds. The third-order valence-electron chi connectivity index (χ3n) is 4.84. The minimum absolute atomic E-state index is 0.0522. The Morgan fingerprint density at radius 1 is 1.24 bits per heavy atom. The number of benzene rings is 2. The van der Waals surface area contributed by atoms with E-state index in [9.17, 15) is 4.79 Å². The Balaban J connectivity index is 1.80. The van der Waals surface area contributed by atoms with E-state index in [-0.39, 0.29) is 5.91 Å². The van der Waals surface area contributed by atoms with Gasteiger partial charge in [0.2, 0.25) is 5.91 Å². The van der Waals surface area contributed by atoms with E-state index in [0.29, 0.717) is 19.1 Å². The molecule has 0 fully saturated rings. The molecule has 0 saturated carbocycles. The molecule has 0 radical (unpaired) electrons. The first-order chi connectivity index (χ1) is 12.2. The number of amides is 1. The van der Waals surface area contributed by atoms with Crippen molar-refractivity contribution in [2.24, 2.45) is 0 Å². The monoisotopic (exact) mass is 334 g/mol. The van der Waals surface area contributed by atoms with Crippen LogP contribution in [0.3, 0.4) is 0 Å². The molecule has 1 aliphatic rings. The lowest BCUT2D eigenvalue weighted by Crippen LogP contribution is -2.38. The Hall–Kier alpha value is -2.39. The Morgan fingerprint density at radius 3 is 2.76 bits per heavy atom. The predicted octanol–water partition coefficient (Wildman–Crippen LogP) is 3.79. The molecule has 0 heterocycles. The number of carbonyl (C=O) groups is 1. The second-order valence-electron chi connectivity index (χ2n) is 6.74. The van der Waals surface area contributed by atoms with Crippen molar-refractivity contribution in [3.63, 3.8) is 0 Å². The average molecular weight is 334 g/mol. The quantitative estimate of drug-likeness (QED) is 0.782. The molecule has 0 spiro atoms. The molecule has 0 bridgehead atoms. The van der Waals surface area contributed by atoms with Crippen LogP contribution in [0.4, 0.5) is 0 Å². The van der Waals surface area contributed by atoms with Crippen LogP contribution in [0.1, 0.15) is 34.7 Å². The number of hydrogen-bond acceptors (Lipinski definition) is 2. The zero-order valence-corrected chi connectivity index (χ0v) is 14.9. The number of rotatable bonds is 7. The topological polar surface area (TPSA) is 32.3 Å². The molecule has 130 valence electrons. The number of nitrogens with zero attached hydrogens (tertiary/aromatic N) is 1. The van der Waals surface area contributed by atoms with Crippen LogP contribution >= 0.6 is 0 Å². The van der Waals surface area contributed by atoms with Gasteiger partial charge >= 0.3 is 0 Å². The normalized spacial score (nSPS) is 15.8. The molecule has 0 aromatic heterocycles. The van der Waals surface area contributed by atoms with Crippen LogP contribution in [0.25, 0.3) is 0 Å². The molecule has 3 heteroatoms. The van der Waals surface area contributed by atoms with Crippen LogP contribution in [-0.2, 0) is 17.8 Å². The molecule has 3 nitrogen and oxygen atoms in total. The van der Waals surface area contributed by atoms with Gasteiger partial charge in [-0.3, -0.25) is 9.69 Å². The van der Waals surface area contributed by atoms with Gasteiger partial charge in [0.05, 0.1) is 6.54 Å². The van der Waals surface area contributed by atoms with Crippen LogP contribution in [0.5, 0.6) is 0 Å². The van der Waals surface area contributed by atoms with Gasteiger partial charge in [-0.15, -0.1) is 6.58 Å². The summed E-state index contributed by atoms with van der Waals surface area (Å²) in [7, 11) is 0. The lowest BCUT2D eigenvalue weighted by Gasteiger charge is -2.29. The fraction of sp³-hybridized carbons (Fsp3) is 0.318. The van der Waals surface area contributed by atoms with Gasteiger partial charge in [-0.1, -0.05) is 60.2 Å². The van der Waals surface area contributed by atoms with E-state index in [2.05, 4.69) is 72.3 Å². The smallest absolute Gasteiger partial charge is 0.234 e. The summed E-state index contributed by atoms with van der Waals surface area (Å²) >= 11 is 0. The fourth-order valence-corrected chi connectivity index (χ4v) is 3.54. The summed E-state index contributed by atoms with van der Waals surface area (Å²) in [5, 5.41) is 2.91. The average Bonchev–Trinajstić information content (AvgIpc) is 3.05. The van der Waals surface area contributed by atoms with Gasteiger partial charge in [0.1, 0.15) is 0 Å². The lowest BCUT2D eigenvalue weighted by molar-refractivity contribution is -0.122. The zero-order chi connectivity index (χ0) is 17.6. The van der Waals surface area contributed by atoms with Crippen molar-refractivity contribution in [3.05, 3.63) is 83.4 Å². The van der Waals surface area contributed by atoms with Crippen LogP contribution in [-0.4, -0.2) is 23.9 Å². The molecule has 2 aromatic rings. The summed E-state index contributed by atoms with van der Waals surface area (Å²) in [5.74, 6) is 0.0522. The van der Waals surface area contributed by atoms with Crippen LogP contribution in [0.15, 0.2) is 61.2 Å². The van der Waals surface area contributed by atoms with Gasteiger partial charge < -0.3 is 5.32 Å². The second-order valence-corrected chi connectivity index (χ2v) is 6.74. The minimum atomic E-state index is 0.0522. The highest BCUT2D eigenvalue weighted by molar-refractivity contribution is 5.78. The maximum absolute atomic E-state index is 12.3. The summed E-state index contributed by atoms with van der Waals surface area (Å²) in [6.45, 7) is 7.46. The number of hydrogen-bond donors (Lipinski definition) is 1.